The van der Waals surface area contributed by atoms with Gasteiger partial charge >= 0.3 is 0 Å². The van der Waals surface area contributed by atoms with E-state index in [2.05, 4.69) is 13.0 Å². The number of carbonyl (C=O) groups is 2. The predicted octanol–water partition coefficient (Wildman–Crippen LogP) is 2.92. The smallest absolute Gasteiger partial charge is 0.246 e. The third-order valence-corrected chi connectivity index (χ3v) is 6.85. The molecule has 0 aromatic heterocycles. The second-order valence-corrected chi connectivity index (χ2v) is 8.30. The van der Waals surface area contributed by atoms with Crippen LogP contribution in [0, 0.1) is 11.3 Å². The molecule has 2 fully saturated rings. The van der Waals surface area contributed by atoms with Gasteiger partial charge in [-0.15, -0.1) is 11.8 Å². The lowest BCUT2D eigenvalue weighted by molar-refractivity contribution is -0.145. The van der Waals surface area contributed by atoms with Crippen molar-refractivity contribution in [2.75, 3.05) is 12.3 Å². The van der Waals surface area contributed by atoms with E-state index in [9.17, 15) is 9.59 Å². The van der Waals surface area contributed by atoms with Crippen LogP contribution >= 0.6 is 11.8 Å². The number of hydrogen-bond donors (Lipinski definition) is 0. The van der Waals surface area contributed by atoms with Crippen molar-refractivity contribution in [2.24, 2.45) is 0 Å². The lowest BCUT2D eigenvalue weighted by Gasteiger charge is -2.35. The number of hydrogen-bond acceptors (Lipinski definition) is 4. The molecule has 6 heteroatoms. The molecule has 0 bridgehead atoms. The van der Waals surface area contributed by atoms with Crippen LogP contribution in [0.5, 0.6) is 0 Å². The molecular weight excluding hydrogens is 334 g/mol. The third-order valence-electron chi connectivity index (χ3n) is 5.34. The monoisotopic (exact) mass is 357 g/mol. The van der Waals surface area contributed by atoms with E-state index in [1.807, 2.05) is 35.8 Å². The number of thioether (sulfide) groups is 1. The van der Waals surface area contributed by atoms with Crippen molar-refractivity contribution in [3.05, 3.63) is 35.4 Å². The molecule has 2 aliphatic heterocycles. The van der Waals surface area contributed by atoms with E-state index in [0.717, 1.165) is 12.0 Å². The number of benzene rings is 1. The summed E-state index contributed by atoms with van der Waals surface area (Å²) < 4.78 is 0. The molecular formula is C19H23N3O2S. The second kappa shape index (κ2) is 6.72. The SMILES string of the molecule is CCN(C(=O)C1CSC2(C)CCC(=O)N12)C(C)c1ccc(C#N)cc1. The molecule has 2 amide bonds. The lowest BCUT2D eigenvalue weighted by Crippen LogP contribution is -2.51. The van der Waals surface area contributed by atoms with E-state index in [1.54, 1.807) is 23.9 Å². The van der Waals surface area contributed by atoms with Gasteiger partial charge in [0.05, 0.1) is 22.5 Å². The first-order valence-corrected chi connectivity index (χ1v) is 9.66. The standard InChI is InChI=1S/C19H23N3O2S/c1-4-21(13(2)15-7-5-14(11-20)6-8-15)18(24)16-12-25-19(3)10-9-17(23)22(16)19/h5-8,13,16H,4,9-10,12H2,1-3H3. The van der Waals surface area contributed by atoms with E-state index in [4.69, 9.17) is 5.26 Å². The minimum Gasteiger partial charge on any atom is -0.334 e. The maximum atomic E-state index is 13.2. The Kier molecular flexibility index (Phi) is 4.79. The molecule has 0 radical (unpaired) electrons. The van der Waals surface area contributed by atoms with Crippen molar-refractivity contribution in [3.63, 3.8) is 0 Å². The summed E-state index contributed by atoms with van der Waals surface area (Å²) in [5, 5.41) is 8.94. The van der Waals surface area contributed by atoms with Gasteiger partial charge in [-0.05, 0) is 44.9 Å². The van der Waals surface area contributed by atoms with Gasteiger partial charge in [0, 0.05) is 18.7 Å². The van der Waals surface area contributed by atoms with E-state index < -0.39 is 0 Å². The molecule has 3 rings (SSSR count). The molecule has 1 aromatic rings. The van der Waals surface area contributed by atoms with Crippen LogP contribution in [0.15, 0.2) is 24.3 Å². The molecule has 0 aliphatic carbocycles. The number of rotatable bonds is 4. The fourth-order valence-corrected chi connectivity index (χ4v) is 5.25. The maximum Gasteiger partial charge on any atom is 0.246 e. The summed E-state index contributed by atoms with van der Waals surface area (Å²) in [4.78, 5) is 28.9. The molecule has 25 heavy (non-hydrogen) atoms. The van der Waals surface area contributed by atoms with Gasteiger partial charge in [-0.3, -0.25) is 9.59 Å². The van der Waals surface area contributed by atoms with Gasteiger partial charge in [0.15, 0.2) is 0 Å². The highest BCUT2D eigenvalue weighted by Crippen LogP contribution is 2.47. The van der Waals surface area contributed by atoms with Gasteiger partial charge in [-0.1, -0.05) is 12.1 Å². The summed E-state index contributed by atoms with van der Waals surface area (Å²) in [6.45, 7) is 6.61. The van der Waals surface area contributed by atoms with Crippen molar-refractivity contribution in [1.82, 2.24) is 9.80 Å². The van der Waals surface area contributed by atoms with Gasteiger partial charge in [0.2, 0.25) is 11.8 Å². The zero-order valence-electron chi connectivity index (χ0n) is 14.9. The summed E-state index contributed by atoms with van der Waals surface area (Å²) in [6, 6.07) is 8.99. The van der Waals surface area contributed by atoms with E-state index >= 15 is 0 Å². The van der Waals surface area contributed by atoms with Crippen molar-refractivity contribution in [1.29, 1.82) is 5.26 Å². The van der Waals surface area contributed by atoms with E-state index in [0.29, 0.717) is 24.3 Å². The Balaban J connectivity index is 1.81. The average Bonchev–Trinajstić information content (AvgIpc) is 3.11. The van der Waals surface area contributed by atoms with Crippen molar-refractivity contribution in [2.45, 2.75) is 50.6 Å². The van der Waals surface area contributed by atoms with Gasteiger partial charge < -0.3 is 9.80 Å². The van der Waals surface area contributed by atoms with Gasteiger partial charge in [0.25, 0.3) is 0 Å². The largest absolute Gasteiger partial charge is 0.334 e. The van der Waals surface area contributed by atoms with Crippen molar-refractivity contribution in [3.8, 4) is 6.07 Å². The number of amides is 2. The van der Waals surface area contributed by atoms with Crippen LogP contribution in [0.1, 0.15) is 50.8 Å². The Morgan fingerprint density at radius 2 is 2.16 bits per heavy atom. The summed E-state index contributed by atoms with van der Waals surface area (Å²) >= 11 is 1.72. The second-order valence-electron chi connectivity index (χ2n) is 6.80. The van der Waals surface area contributed by atoms with Crippen molar-refractivity contribution >= 4 is 23.6 Å². The zero-order chi connectivity index (χ0) is 18.2. The van der Waals surface area contributed by atoms with Gasteiger partial charge in [-0.25, -0.2) is 0 Å². The first-order chi connectivity index (χ1) is 11.9. The Morgan fingerprint density at radius 3 is 2.76 bits per heavy atom. The maximum absolute atomic E-state index is 13.2. The molecule has 2 saturated heterocycles. The Hall–Kier alpha value is -2.00. The normalized spacial score (nSPS) is 26.2. The number of nitrogens with zero attached hydrogens (tertiary/aromatic N) is 3. The fraction of sp³-hybridized carbons (Fsp3) is 0.526. The average molecular weight is 357 g/mol. The number of carbonyl (C=O) groups excluding carboxylic acids is 2. The molecule has 132 valence electrons. The van der Waals surface area contributed by atoms with Gasteiger partial charge in [0.1, 0.15) is 6.04 Å². The quantitative estimate of drug-likeness (QED) is 0.831. The fourth-order valence-electron chi connectivity index (χ4n) is 3.83. The van der Waals surface area contributed by atoms with Crippen LogP contribution in [0.2, 0.25) is 0 Å². The number of fused-ring (bicyclic) bond motifs is 1. The summed E-state index contributed by atoms with van der Waals surface area (Å²) in [6.07, 6.45) is 1.35. The van der Waals surface area contributed by atoms with Crippen LogP contribution in [0.3, 0.4) is 0 Å². The lowest BCUT2D eigenvalue weighted by atomic mass is 10.0. The van der Waals surface area contributed by atoms with E-state index in [1.165, 1.54) is 0 Å². The predicted molar refractivity (Wildman–Crippen MR) is 97.7 cm³/mol. The highest BCUT2D eigenvalue weighted by molar-refractivity contribution is 8.01. The van der Waals surface area contributed by atoms with Crippen LogP contribution in [0.4, 0.5) is 0 Å². The number of nitriles is 1. The molecule has 3 atom stereocenters. The number of likely N-dealkylation sites (N-methyl/N-ethyl adjacent to an activating group) is 1. The summed E-state index contributed by atoms with van der Waals surface area (Å²) in [5.74, 6) is 0.774. The molecule has 2 aliphatic rings. The minimum absolute atomic E-state index is 0.0193. The molecule has 5 nitrogen and oxygen atoms in total. The first-order valence-electron chi connectivity index (χ1n) is 8.68. The Bertz CT molecular complexity index is 727. The summed E-state index contributed by atoms with van der Waals surface area (Å²) in [7, 11) is 0. The third kappa shape index (κ3) is 3.02. The summed E-state index contributed by atoms with van der Waals surface area (Å²) in [5.41, 5.74) is 1.60. The Labute approximate surface area is 153 Å². The molecule has 0 N–H and O–H groups in total. The topological polar surface area (TPSA) is 64.4 Å². The first kappa shape index (κ1) is 17.8. The minimum atomic E-state index is -0.370. The Morgan fingerprint density at radius 1 is 1.48 bits per heavy atom. The molecule has 3 unspecified atom stereocenters. The molecule has 2 heterocycles. The van der Waals surface area contributed by atoms with Crippen LogP contribution in [-0.2, 0) is 9.59 Å². The van der Waals surface area contributed by atoms with Crippen LogP contribution < -0.4 is 0 Å². The van der Waals surface area contributed by atoms with Crippen LogP contribution in [-0.4, -0.2) is 44.8 Å². The van der Waals surface area contributed by atoms with E-state index in [-0.39, 0.29) is 28.8 Å². The van der Waals surface area contributed by atoms with Crippen LogP contribution in [0.25, 0.3) is 0 Å². The highest BCUT2D eigenvalue weighted by atomic mass is 32.2. The van der Waals surface area contributed by atoms with Crippen molar-refractivity contribution < 1.29 is 9.59 Å². The molecule has 1 aromatic carbocycles. The highest BCUT2D eigenvalue weighted by Gasteiger charge is 2.53. The zero-order valence-corrected chi connectivity index (χ0v) is 15.7. The van der Waals surface area contributed by atoms with Gasteiger partial charge in [-0.2, -0.15) is 5.26 Å². The molecule has 0 spiro atoms. The molecule has 0 saturated carbocycles.